The van der Waals surface area contributed by atoms with Gasteiger partial charge in [-0.25, -0.2) is 12.8 Å². The van der Waals surface area contributed by atoms with Crippen molar-refractivity contribution in [3.63, 3.8) is 0 Å². The van der Waals surface area contributed by atoms with Crippen LogP contribution in [0.5, 0.6) is 0 Å². The van der Waals surface area contributed by atoms with Gasteiger partial charge in [0.25, 0.3) is 0 Å². The molecule has 1 N–H and O–H groups in total. The van der Waals surface area contributed by atoms with Crippen LogP contribution in [-0.2, 0) is 21.2 Å². The first-order valence-electron chi connectivity index (χ1n) is 8.49. The fraction of sp³-hybridized carbons (Fsp3) is 0.316. The van der Waals surface area contributed by atoms with Crippen LogP contribution in [0.1, 0.15) is 18.9 Å². The van der Waals surface area contributed by atoms with Crippen LogP contribution in [-0.4, -0.2) is 33.2 Å². The molecule has 0 saturated heterocycles. The highest BCUT2D eigenvalue weighted by Gasteiger charge is 2.31. The predicted octanol–water partition coefficient (Wildman–Crippen LogP) is 3.38. The zero-order valence-electron chi connectivity index (χ0n) is 15.2. The fourth-order valence-electron chi connectivity index (χ4n) is 2.77. The number of benzene rings is 2. The van der Waals surface area contributed by atoms with E-state index in [9.17, 15) is 17.6 Å². The molecule has 2 aromatic carbocycles. The predicted molar refractivity (Wildman–Crippen MR) is 106 cm³/mol. The quantitative estimate of drug-likeness (QED) is 0.722. The molecule has 146 valence electrons. The van der Waals surface area contributed by atoms with E-state index >= 15 is 0 Å². The molecule has 0 aliphatic heterocycles. The second-order valence-corrected chi connectivity index (χ2v) is 8.43. The molecular weight excluding hydrogens is 391 g/mol. The summed E-state index contributed by atoms with van der Waals surface area (Å²) < 4.78 is 38.7. The second kappa shape index (κ2) is 9.19. The van der Waals surface area contributed by atoms with Crippen LogP contribution in [0, 0.1) is 5.82 Å². The van der Waals surface area contributed by atoms with E-state index < -0.39 is 22.0 Å². The van der Waals surface area contributed by atoms with Crippen LogP contribution in [0.3, 0.4) is 0 Å². The van der Waals surface area contributed by atoms with Crippen molar-refractivity contribution >= 4 is 33.2 Å². The maximum absolute atomic E-state index is 12.9. The Morgan fingerprint density at radius 3 is 2.44 bits per heavy atom. The number of amides is 1. The molecule has 0 radical (unpaired) electrons. The van der Waals surface area contributed by atoms with Gasteiger partial charge in [0, 0.05) is 11.6 Å². The molecule has 2 rings (SSSR count). The minimum atomic E-state index is -3.70. The van der Waals surface area contributed by atoms with Gasteiger partial charge < -0.3 is 5.32 Å². The number of carbonyl (C=O) groups excluding carboxylic acids is 1. The van der Waals surface area contributed by atoms with Gasteiger partial charge in [-0.2, -0.15) is 0 Å². The first-order valence-corrected chi connectivity index (χ1v) is 10.7. The van der Waals surface area contributed by atoms with Gasteiger partial charge in [-0.3, -0.25) is 9.10 Å². The number of carbonyl (C=O) groups is 1. The molecule has 27 heavy (non-hydrogen) atoms. The van der Waals surface area contributed by atoms with Crippen molar-refractivity contribution in [1.82, 2.24) is 5.32 Å². The van der Waals surface area contributed by atoms with Crippen LogP contribution in [0.15, 0.2) is 48.5 Å². The third-order valence-electron chi connectivity index (χ3n) is 4.02. The van der Waals surface area contributed by atoms with E-state index in [0.717, 1.165) is 16.1 Å². The molecule has 0 fully saturated rings. The molecule has 0 aromatic heterocycles. The number of rotatable bonds is 8. The molecule has 0 unspecified atom stereocenters. The Kier molecular flexibility index (Phi) is 7.21. The number of sulfonamides is 1. The summed E-state index contributed by atoms with van der Waals surface area (Å²) in [5.74, 6) is -0.718. The summed E-state index contributed by atoms with van der Waals surface area (Å²) in [5.41, 5.74) is 1.21. The zero-order chi connectivity index (χ0) is 20.0. The highest BCUT2D eigenvalue weighted by Crippen LogP contribution is 2.25. The van der Waals surface area contributed by atoms with Crippen LogP contribution in [0.4, 0.5) is 10.1 Å². The number of hydrogen-bond donors (Lipinski definition) is 1. The zero-order valence-corrected chi connectivity index (χ0v) is 16.7. The summed E-state index contributed by atoms with van der Waals surface area (Å²) in [6.07, 6.45) is 1.86. The number of hydrogen-bond acceptors (Lipinski definition) is 3. The topological polar surface area (TPSA) is 66.5 Å². The van der Waals surface area contributed by atoms with Gasteiger partial charge in [0.2, 0.25) is 15.9 Å². The van der Waals surface area contributed by atoms with Crippen LogP contribution in [0.25, 0.3) is 0 Å². The molecule has 2 aromatic rings. The van der Waals surface area contributed by atoms with Crippen molar-refractivity contribution in [3.05, 3.63) is 64.9 Å². The van der Waals surface area contributed by atoms with E-state index in [4.69, 9.17) is 11.6 Å². The van der Waals surface area contributed by atoms with Crippen LogP contribution in [0.2, 0.25) is 5.02 Å². The Morgan fingerprint density at radius 2 is 1.89 bits per heavy atom. The molecular formula is C19H22ClFN2O3S. The second-order valence-electron chi connectivity index (χ2n) is 6.13. The van der Waals surface area contributed by atoms with Gasteiger partial charge in [-0.15, -0.1) is 0 Å². The Hall–Kier alpha value is -2.12. The van der Waals surface area contributed by atoms with Gasteiger partial charge in [0.05, 0.1) is 11.9 Å². The summed E-state index contributed by atoms with van der Waals surface area (Å²) in [6, 6.07) is 11.5. The highest BCUT2D eigenvalue weighted by atomic mass is 35.5. The maximum Gasteiger partial charge on any atom is 0.243 e. The van der Waals surface area contributed by atoms with E-state index in [1.54, 1.807) is 37.3 Å². The average molecular weight is 413 g/mol. The number of anilines is 1. The summed E-state index contributed by atoms with van der Waals surface area (Å²) in [6.45, 7) is 2.06. The van der Waals surface area contributed by atoms with Crippen molar-refractivity contribution in [2.24, 2.45) is 0 Å². The van der Waals surface area contributed by atoms with Gasteiger partial charge in [-0.05, 0) is 48.7 Å². The van der Waals surface area contributed by atoms with Crippen molar-refractivity contribution in [1.29, 1.82) is 0 Å². The van der Waals surface area contributed by atoms with Crippen molar-refractivity contribution in [2.75, 3.05) is 17.1 Å². The monoisotopic (exact) mass is 412 g/mol. The van der Waals surface area contributed by atoms with Crippen LogP contribution >= 0.6 is 11.6 Å². The van der Waals surface area contributed by atoms with E-state index in [1.807, 2.05) is 0 Å². The molecule has 0 spiro atoms. The number of halogens is 2. The van der Waals surface area contributed by atoms with E-state index in [0.29, 0.717) is 30.1 Å². The highest BCUT2D eigenvalue weighted by molar-refractivity contribution is 7.92. The third-order valence-corrected chi connectivity index (χ3v) is 5.43. The third kappa shape index (κ3) is 5.94. The van der Waals surface area contributed by atoms with Crippen molar-refractivity contribution in [3.8, 4) is 0 Å². The largest absolute Gasteiger partial charge is 0.354 e. The lowest BCUT2D eigenvalue weighted by Gasteiger charge is -2.30. The Bertz CT molecular complexity index is 888. The number of nitrogens with one attached hydrogen (secondary N) is 1. The molecule has 0 aliphatic carbocycles. The Labute approximate surface area is 164 Å². The van der Waals surface area contributed by atoms with Gasteiger partial charge in [-0.1, -0.05) is 36.7 Å². The first-order chi connectivity index (χ1) is 12.7. The standard InChI is InChI=1S/C19H22ClFN2O3S/c1-3-18(19(24)22-12-11-14-7-9-16(21)10-8-14)23(27(2,25)26)17-6-4-5-15(20)13-17/h4-10,13,18H,3,11-12H2,1-2H3,(H,22,24)/t18-/m1/s1. The lowest BCUT2D eigenvalue weighted by atomic mass is 10.1. The van der Waals surface area contributed by atoms with Crippen molar-refractivity contribution < 1.29 is 17.6 Å². The molecule has 1 amide bonds. The lowest BCUT2D eigenvalue weighted by molar-refractivity contribution is -0.122. The molecule has 0 bridgehead atoms. The average Bonchev–Trinajstić information content (AvgIpc) is 2.60. The van der Waals surface area contributed by atoms with E-state index in [1.165, 1.54) is 18.2 Å². The molecule has 8 heteroatoms. The minimum absolute atomic E-state index is 0.294. The van der Waals surface area contributed by atoms with Gasteiger partial charge in [0.15, 0.2) is 0 Å². The molecule has 0 heterocycles. The molecule has 1 atom stereocenters. The fourth-order valence-corrected chi connectivity index (χ4v) is 4.16. The summed E-state index contributed by atoms with van der Waals surface area (Å²) in [7, 11) is -3.70. The smallest absolute Gasteiger partial charge is 0.243 e. The Morgan fingerprint density at radius 1 is 1.22 bits per heavy atom. The van der Waals surface area contributed by atoms with Crippen molar-refractivity contribution in [2.45, 2.75) is 25.8 Å². The molecule has 0 saturated carbocycles. The summed E-state index contributed by atoms with van der Waals surface area (Å²) in [5, 5.41) is 3.14. The molecule has 5 nitrogen and oxygen atoms in total. The van der Waals surface area contributed by atoms with Crippen LogP contribution < -0.4 is 9.62 Å². The number of nitrogens with zero attached hydrogens (tertiary/aromatic N) is 1. The normalized spacial score (nSPS) is 12.4. The van der Waals surface area contributed by atoms with Gasteiger partial charge in [0.1, 0.15) is 11.9 Å². The summed E-state index contributed by atoms with van der Waals surface area (Å²) in [4.78, 5) is 12.7. The summed E-state index contributed by atoms with van der Waals surface area (Å²) >= 11 is 5.98. The van der Waals surface area contributed by atoms with Gasteiger partial charge >= 0.3 is 0 Å². The Balaban J connectivity index is 2.13. The first kappa shape index (κ1) is 21.2. The lowest BCUT2D eigenvalue weighted by Crippen LogP contribution is -2.49. The van der Waals surface area contributed by atoms with E-state index in [-0.39, 0.29) is 5.82 Å². The SMILES string of the molecule is CC[C@H](C(=O)NCCc1ccc(F)cc1)N(c1cccc(Cl)c1)S(C)(=O)=O. The molecule has 0 aliphatic rings. The maximum atomic E-state index is 12.9. The minimum Gasteiger partial charge on any atom is -0.354 e. The van der Waals surface area contributed by atoms with E-state index in [2.05, 4.69) is 5.32 Å².